The van der Waals surface area contributed by atoms with E-state index in [1.807, 2.05) is 24.3 Å². The number of anilines is 1. The number of carbonyl (C=O) groups excluding carboxylic acids is 1. The zero-order chi connectivity index (χ0) is 21.4. The van der Waals surface area contributed by atoms with Gasteiger partial charge in [0.05, 0.1) is 17.3 Å². The van der Waals surface area contributed by atoms with Gasteiger partial charge in [0.1, 0.15) is 0 Å². The van der Waals surface area contributed by atoms with Gasteiger partial charge in [-0.25, -0.2) is 9.59 Å². The van der Waals surface area contributed by atoms with Gasteiger partial charge in [0.2, 0.25) is 0 Å². The molecule has 1 N–H and O–H groups in total. The van der Waals surface area contributed by atoms with Gasteiger partial charge < -0.3 is 14.6 Å². The summed E-state index contributed by atoms with van der Waals surface area (Å²) < 4.78 is 10.6. The number of ether oxygens (including phenoxy) is 2. The molecule has 2 rings (SSSR count). The molecule has 8 heteroatoms. The molecule has 0 radical (unpaired) electrons. The SMILES string of the molecule is CCOC(Cc1cccc(CCOC(=O)N(C)c2ccc(Cl)cc2Cl)c1)C(=O)O. The van der Waals surface area contributed by atoms with E-state index < -0.39 is 18.2 Å². The van der Waals surface area contributed by atoms with Crippen LogP contribution in [0.5, 0.6) is 0 Å². The maximum Gasteiger partial charge on any atom is 0.414 e. The van der Waals surface area contributed by atoms with Gasteiger partial charge in [-0.05, 0) is 36.2 Å². The van der Waals surface area contributed by atoms with Crippen LogP contribution >= 0.6 is 23.2 Å². The number of carboxylic acids is 1. The zero-order valence-corrected chi connectivity index (χ0v) is 17.7. The summed E-state index contributed by atoms with van der Waals surface area (Å²) in [5, 5.41) is 10.0. The molecule has 2 aromatic carbocycles. The van der Waals surface area contributed by atoms with E-state index >= 15 is 0 Å². The minimum Gasteiger partial charge on any atom is -0.479 e. The second-order valence-electron chi connectivity index (χ2n) is 6.33. The van der Waals surface area contributed by atoms with E-state index in [-0.39, 0.29) is 13.0 Å². The lowest BCUT2D eigenvalue weighted by Crippen LogP contribution is -2.28. The third-order valence-corrected chi connectivity index (χ3v) is 4.75. The van der Waals surface area contributed by atoms with Crippen LogP contribution in [0, 0.1) is 0 Å². The Bertz CT molecular complexity index is 859. The molecule has 0 fully saturated rings. The zero-order valence-electron chi connectivity index (χ0n) is 16.2. The fourth-order valence-corrected chi connectivity index (χ4v) is 3.28. The molecule has 0 saturated carbocycles. The van der Waals surface area contributed by atoms with Gasteiger partial charge in [0, 0.05) is 31.5 Å². The molecule has 0 bridgehead atoms. The van der Waals surface area contributed by atoms with Crippen LogP contribution in [0.4, 0.5) is 10.5 Å². The van der Waals surface area contributed by atoms with Gasteiger partial charge in [-0.2, -0.15) is 0 Å². The molecule has 6 nitrogen and oxygen atoms in total. The lowest BCUT2D eigenvalue weighted by Gasteiger charge is -2.18. The van der Waals surface area contributed by atoms with Crippen molar-refractivity contribution in [3.8, 4) is 0 Å². The molecule has 0 aromatic heterocycles. The molecule has 0 heterocycles. The fourth-order valence-electron chi connectivity index (χ4n) is 2.75. The molecule has 0 aliphatic heterocycles. The lowest BCUT2D eigenvalue weighted by atomic mass is 10.0. The standard InChI is InChI=1S/C21H23Cl2NO5/c1-3-28-19(20(25)26)12-15-6-4-5-14(11-15)9-10-29-21(27)24(2)18-8-7-16(22)13-17(18)23/h4-8,11,13,19H,3,9-10,12H2,1-2H3,(H,25,26). The Labute approximate surface area is 179 Å². The highest BCUT2D eigenvalue weighted by Crippen LogP contribution is 2.28. The van der Waals surface area contributed by atoms with Crippen molar-refractivity contribution in [2.24, 2.45) is 0 Å². The Balaban J connectivity index is 1.91. The minimum atomic E-state index is -0.991. The summed E-state index contributed by atoms with van der Waals surface area (Å²) in [6.07, 6.45) is -0.651. The van der Waals surface area contributed by atoms with Crippen molar-refractivity contribution >= 4 is 41.0 Å². The van der Waals surface area contributed by atoms with Gasteiger partial charge in [-0.1, -0.05) is 47.5 Å². The van der Waals surface area contributed by atoms with Crippen molar-refractivity contribution in [3.05, 3.63) is 63.6 Å². The quantitative estimate of drug-likeness (QED) is 0.604. The molecule has 1 unspecified atom stereocenters. The van der Waals surface area contributed by atoms with Crippen molar-refractivity contribution in [3.63, 3.8) is 0 Å². The summed E-state index contributed by atoms with van der Waals surface area (Å²) in [5.74, 6) is -0.991. The summed E-state index contributed by atoms with van der Waals surface area (Å²) in [6, 6.07) is 12.3. The van der Waals surface area contributed by atoms with E-state index in [0.717, 1.165) is 11.1 Å². The first-order valence-corrected chi connectivity index (χ1v) is 9.85. The number of hydrogen-bond acceptors (Lipinski definition) is 4. The van der Waals surface area contributed by atoms with Crippen LogP contribution < -0.4 is 4.90 Å². The van der Waals surface area contributed by atoms with Gasteiger partial charge in [0.25, 0.3) is 0 Å². The average molecular weight is 440 g/mol. The Kier molecular flexibility index (Phi) is 8.76. The van der Waals surface area contributed by atoms with E-state index in [0.29, 0.717) is 28.8 Å². The smallest absolute Gasteiger partial charge is 0.414 e. The highest BCUT2D eigenvalue weighted by atomic mass is 35.5. The normalized spacial score (nSPS) is 11.7. The first kappa shape index (κ1) is 23.0. The van der Waals surface area contributed by atoms with Crippen molar-refractivity contribution in [2.45, 2.75) is 25.9 Å². The number of benzene rings is 2. The molecule has 29 heavy (non-hydrogen) atoms. The number of rotatable bonds is 9. The summed E-state index contributed by atoms with van der Waals surface area (Å²) in [6.45, 7) is 2.26. The number of amides is 1. The Hall–Kier alpha value is -2.28. The molecule has 1 atom stereocenters. The largest absolute Gasteiger partial charge is 0.479 e. The van der Waals surface area contributed by atoms with Gasteiger partial charge in [-0.3, -0.25) is 4.90 Å². The van der Waals surface area contributed by atoms with Crippen LogP contribution in [0.1, 0.15) is 18.1 Å². The summed E-state index contributed by atoms with van der Waals surface area (Å²) in [4.78, 5) is 24.8. The minimum absolute atomic E-state index is 0.172. The van der Waals surface area contributed by atoms with E-state index in [1.54, 1.807) is 32.2 Å². The molecule has 0 spiro atoms. The van der Waals surface area contributed by atoms with Gasteiger partial charge in [0.15, 0.2) is 6.10 Å². The number of carbonyl (C=O) groups is 2. The fraction of sp³-hybridized carbons (Fsp3) is 0.333. The predicted octanol–water partition coefficient (Wildman–Crippen LogP) is 4.84. The maximum atomic E-state index is 12.3. The second-order valence-corrected chi connectivity index (χ2v) is 7.17. The number of hydrogen-bond donors (Lipinski definition) is 1. The van der Waals surface area contributed by atoms with Crippen molar-refractivity contribution in [1.82, 2.24) is 0 Å². The van der Waals surface area contributed by atoms with Gasteiger partial charge in [-0.15, -0.1) is 0 Å². The van der Waals surface area contributed by atoms with Crippen LogP contribution in [-0.2, 0) is 27.1 Å². The number of aliphatic carboxylic acids is 1. The Morgan fingerprint density at radius 3 is 2.52 bits per heavy atom. The summed E-state index contributed by atoms with van der Waals surface area (Å²) in [7, 11) is 1.57. The molecule has 156 valence electrons. The highest BCUT2D eigenvalue weighted by Gasteiger charge is 2.18. The molecule has 2 aromatic rings. The first-order chi connectivity index (χ1) is 13.8. The van der Waals surface area contributed by atoms with E-state index in [9.17, 15) is 14.7 Å². The number of halogens is 2. The molecular weight excluding hydrogens is 417 g/mol. The molecular formula is C21H23Cl2NO5. The molecule has 0 saturated heterocycles. The van der Waals surface area contributed by atoms with Crippen molar-refractivity contribution in [1.29, 1.82) is 0 Å². The number of nitrogens with zero attached hydrogens (tertiary/aromatic N) is 1. The van der Waals surface area contributed by atoms with Gasteiger partial charge >= 0.3 is 12.1 Å². The second kappa shape index (κ2) is 11.0. The monoisotopic (exact) mass is 439 g/mol. The number of carboxylic acid groups (broad SMARTS) is 1. The average Bonchev–Trinajstić information content (AvgIpc) is 2.67. The Morgan fingerprint density at radius 2 is 1.86 bits per heavy atom. The van der Waals surface area contributed by atoms with Crippen LogP contribution in [0.15, 0.2) is 42.5 Å². The lowest BCUT2D eigenvalue weighted by molar-refractivity contribution is -0.149. The molecule has 1 amide bonds. The van der Waals surface area contributed by atoms with Crippen LogP contribution in [0.3, 0.4) is 0 Å². The van der Waals surface area contributed by atoms with Crippen LogP contribution in [0.2, 0.25) is 10.0 Å². The third-order valence-electron chi connectivity index (χ3n) is 4.22. The third kappa shape index (κ3) is 6.92. The summed E-state index contributed by atoms with van der Waals surface area (Å²) in [5.41, 5.74) is 2.28. The van der Waals surface area contributed by atoms with E-state index in [1.165, 1.54) is 4.90 Å². The van der Waals surface area contributed by atoms with E-state index in [2.05, 4.69) is 0 Å². The molecule has 0 aliphatic rings. The predicted molar refractivity (Wildman–Crippen MR) is 113 cm³/mol. The first-order valence-electron chi connectivity index (χ1n) is 9.09. The van der Waals surface area contributed by atoms with E-state index in [4.69, 9.17) is 32.7 Å². The van der Waals surface area contributed by atoms with Crippen LogP contribution in [-0.4, -0.2) is 43.5 Å². The highest BCUT2D eigenvalue weighted by molar-refractivity contribution is 6.36. The van der Waals surface area contributed by atoms with Crippen molar-refractivity contribution < 1.29 is 24.2 Å². The Morgan fingerprint density at radius 1 is 1.14 bits per heavy atom. The maximum absolute atomic E-state index is 12.3. The van der Waals surface area contributed by atoms with Crippen LogP contribution in [0.25, 0.3) is 0 Å². The topological polar surface area (TPSA) is 76.1 Å². The summed E-state index contributed by atoms with van der Waals surface area (Å²) >= 11 is 12.0. The van der Waals surface area contributed by atoms with Crippen molar-refractivity contribution in [2.75, 3.05) is 25.2 Å². The molecule has 0 aliphatic carbocycles.